The molecule has 0 aliphatic heterocycles. The van der Waals surface area contributed by atoms with E-state index in [9.17, 15) is 23.1 Å². The van der Waals surface area contributed by atoms with Crippen LogP contribution in [0.3, 0.4) is 0 Å². The Kier molecular flexibility index (Phi) is 10.2. The number of benzene rings is 1. The quantitative estimate of drug-likeness (QED) is 0.414. The van der Waals surface area contributed by atoms with E-state index in [1.165, 1.54) is 31.9 Å². The Labute approximate surface area is 171 Å². The van der Waals surface area contributed by atoms with Gasteiger partial charge >= 0.3 is 6.18 Å². The van der Waals surface area contributed by atoms with Crippen molar-refractivity contribution in [3.8, 4) is 6.07 Å². The van der Waals surface area contributed by atoms with Crippen LogP contribution in [0, 0.1) is 18.3 Å². The molecule has 1 rings (SSSR count). The van der Waals surface area contributed by atoms with Gasteiger partial charge in [-0.3, -0.25) is 4.79 Å². The molecule has 2 N–H and O–H groups in total. The van der Waals surface area contributed by atoms with Gasteiger partial charge in [0, 0.05) is 5.69 Å². The zero-order valence-electron chi connectivity index (χ0n) is 16.9. The number of alkyl halides is 3. The Balaban J connectivity index is 2.49. The van der Waals surface area contributed by atoms with Gasteiger partial charge in [-0.2, -0.15) is 18.4 Å². The molecular weight excluding hydrogens is 381 g/mol. The number of carbonyl (C=O) groups is 1. The molecule has 1 amide bonds. The van der Waals surface area contributed by atoms with Crippen LogP contribution in [0.2, 0.25) is 0 Å². The van der Waals surface area contributed by atoms with Gasteiger partial charge in [0.15, 0.2) is 0 Å². The number of amides is 1. The summed E-state index contributed by atoms with van der Waals surface area (Å²) in [7, 11) is 0. The second-order valence-corrected chi connectivity index (χ2v) is 7.53. The predicted octanol–water partition coefficient (Wildman–Crippen LogP) is 6.00. The van der Waals surface area contributed by atoms with Gasteiger partial charge in [0.05, 0.1) is 17.2 Å². The molecule has 161 valence electrons. The molecule has 1 aromatic rings. The second kappa shape index (κ2) is 11.8. The van der Waals surface area contributed by atoms with Gasteiger partial charge in [-0.05, 0) is 31.5 Å². The Morgan fingerprint density at radius 2 is 1.66 bits per heavy atom. The number of anilines is 1. The largest absolute Gasteiger partial charge is 0.417 e. The molecule has 0 spiro atoms. The van der Waals surface area contributed by atoms with Crippen LogP contribution in [0.15, 0.2) is 18.2 Å². The summed E-state index contributed by atoms with van der Waals surface area (Å²) >= 11 is 0. The Morgan fingerprint density at radius 1 is 1.10 bits per heavy atom. The normalized spacial score (nSPS) is 13.6. The molecule has 1 atom stereocenters. The van der Waals surface area contributed by atoms with Crippen molar-refractivity contribution in [3.63, 3.8) is 0 Å². The number of aliphatic hydroxyl groups is 1. The van der Waals surface area contributed by atoms with Crippen molar-refractivity contribution in [3.05, 3.63) is 36.2 Å². The van der Waals surface area contributed by atoms with E-state index in [1.807, 2.05) is 0 Å². The monoisotopic (exact) mass is 411 g/mol. The van der Waals surface area contributed by atoms with Gasteiger partial charge in [-0.1, -0.05) is 64.7 Å². The summed E-state index contributed by atoms with van der Waals surface area (Å²) in [6.07, 6.45) is 4.86. The van der Waals surface area contributed by atoms with Crippen molar-refractivity contribution in [1.82, 2.24) is 0 Å². The third-order valence-electron chi connectivity index (χ3n) is 4.86. The zero-order valence-corrected chi connectivity index (χ0v) is 16.9. The van der Waals surface area contributed by atoms with Gasteiger partial charge in [0.2, 0.25) is 0 Å². The minimum Gasteiger partial charge on any atom is -0.380 e. The van der Waals surface area contributed by atoms with Crippen LogP contribution in [-0.2, 0) is 11.0 Å². The molecule has 0 aliphatic carbocycles. The third kappa shape index (κ3) is 8.86. The smallest absolute Gasteiger partial charge is 0.380 e. The van der Waals surface area contributed by atoms with Crippen molar-refractivity contribution in [1.29, 1.82) is 5.26 Å². The van der Waals surface area contributed by atoms with Gasteiger partial charge in [0.1, 0.15) is 5.60 Å². The molecule has 1 aromatic carbocycles. The SMILES string of the molecule is [CH2]CCCCCCCCCCC(C)(O)C(=O)Nc1ccc(C#N)c(C(F)(F)F)c1. The van der Waals surface area contributed by atoms with Crippen molar-refractivity contribution in [2.75, 3.05) is 5.32 Å². The molecule has 4 nitrogen and oxygen atoms in total. The van der Waals surface area contributed by atoms with Crippen LogP contribution in [0.4, 0.5) is 18.9 Å². The van der Waals surface area contributed by atoms with E-state index in [-0.39, 0.29) is 12.1 Å². The zero-order chi connectivity index (χ0) is 21.9. The van der Waals surface area contributed by atoms with Gasteiger partial charge in [-0.15, -0.1) is 0 Å². The Morgan fingerprint density at radius 3 is 2.17 bits per heavy atom. The molecule has 0 aliphatic rings. The highest BCUT2D eigenvalue weighted by Gasteiger charge is 2.35. The molecule has 0 heterocycles. The van der Waals surface area contributed by atoms with E-state index in [4.69, 9.17) is 5.26 Å². The van der Waals surface area contributed by atoms with Crippen LogP contribution in [-0.4, -0.2) is 16.6 Å². The van der Waals surface area contributed by atoms with Crippen molar-refractivity contribution in [2.24, 2.45) is 0 Å². The summed E-state index contributed by atoms with van der Waals surface area (Å²) in [5, 5.41) is 21.5. The molecule has 0 aromatic heterocycles. The van der Waals surface area contributed by atoms with E-state index < -0.39 is 28.8 Å². The maximum atomic E-state index is 13.0. The summed E-state index contributed by atoms with van der Waals surface area (Å²) < 4.78 is 39.1. The van der Waals surface area contributed by atoms with Crippen molar-refractivity contribution >= 4 is 11.6 Å². The van der Waals surface area contributed by atoms with Crippen molar-refractivity contribution < 1.29 is 23.1 Å². The summed E-state index contributed by atoms with van der Waals surface area (Å²) in [4.78, 5) is 12.3. The first kappa shape index (κ1) is 25.0. The number of nitrogens with one attached hydrogen (secondary N) is 1. The first-order valence-corrected chi connectivity index (χ1v) is 10.1. The van der Waals surface area contributed by atoms with Crippen LogP contribution < -0.4 is 5.32 Å². The fourth-order valence-corrected chi connectivity index (χ4v) is 3.04. The maximum Gasteiger partial charge on any atom is 0.417 e. The highest BCUT2D eigenvalue weighted by Crippen LogP contribution is 2.33. The average Bonchev–Trinajstić information content (AvgIpc) is 2.65. The predicted molar refractivity (Wildman–Crippen MR) is 107 cm³/mol. The number of unbranched alkanes of at least 4 members (excludes halogenated alkanes) is 8. The minimum absolute atomic E-state index is 0.108. The molecule has 0 bridgehead atoms. The highest BCUT2D eigenvalue weighted by molar-refractivity contribution is 5.96. The number of hydrogen-bond acceptors (Lipinski definition) is 3. The fourth-order valence-electron chi connectivity index (χ4n) is 3.04. The summed E-state index contributed by atoms with van der Waals surface area (Å²) in [6, 6.07) is 4.42. The first-order chi connectivity index (χ1) is 13.6. The van der Waals surface area contributed by atoms with Crippen LogP contribution in [0.5, 0.6) is 0 Å². The standard InChI is InChI=1S/C22H30F3N2O2/c1-3-4-5-6-7-8-9-10-11-14-21(2,29)20(28)27-18-13-12-17(16-26)19(15-18)22(23,24)25/h12-13,15,29H,1,3-11,14H2,2H3,(H,27,28). The molecule has 7 heteroatoms. The molecule has 0 saturated heterocycles. The van der Waals surface area contributed by atoms with Gasteiger partial charge in [-0.25, -0.2) is 0 Å². The third-order valence-corrected chi connectivity index (χ3v) is 4.86. The molecule has 1 radical (unpaired) electrons. The summed E-state index contributed by atoms with van der Waals surface area (Å²) in [5.41, 5.74) is -3.43. The molecule has 0 fully saturated rings. The van der Waals surface area contributed by atoms with E-state index in [1.54, 1.807) is 0 Å². The lowest BCUT2D eigenvalue weighted by Crippen LogP contribution is -2.40. The number of nitrogens with zero attached hydrogens (tertiary/aromatic N) is 1. The van der Waals surface area contributed by atoms with Gasteiger partial charge in [0.25, 0.3) is 5.91 Å². The highest BCUT2D eigenvalue weighted by atomic mass is 19.4. The van der Waals surface area contributed by atoms with E-state index in [0.717, 1.165) is 44.6 Å². The number of rotatable bonds is 12. The van der Waals surface area contributed by atoms with Crippen LogP contribution >= 0.6 is 0 Å². The number of carbonyl (C=O) groups excluding carboxylic acids is 1. The maximum absolute atomic E-state index is 13.0. The lowest BCUT2D eigenvalue weighted by Gasteiger charge is -2.22. The number of halogens is 3. The lowest BCUT2D eigenvalue weighted by atomic mass is 9.96. The summed E-state index contributed by atoms with van der Waals surface area (Å²) in [5.74, 6) is -0.761. The van der Waals surface area contributed by atoms with Crippen LogP contribution in [0.25, 0.3) is 0 Å². The fraction of sp³-hybridized carbons (Fsp3) is 0.591. The molecule has 29 heavy (non-hydrogen) atoms. The molecular formula is C22H30F3N2O2. The van der Waals surface area contributed by atoms with Crippen LogP contribution in [0.1, 0.15) is 82.3 Å². The van der Waals surface area contributed by atoms with E-state index >= 15 is 0 Å². The molecule has 0 saturated carbocycles. The number of hydrogen-bond donors (Lipinski definition) is 2. The van der Waals surface area contributed by atoms with E-state index in [0.29, 0.717) is 12.5 Å². The topological polar surface area (TPSA) is 73.1 Å². The number of nitriles is 1. The second-order valence-electron chi connectivity index (χ2n) is 7.53. The van der Waals surface area contributed by atoms with Gasteiger partial charge < -0.3 is 10.4 Å². The minimum atomic E-state index is -4.71. The average molecular weight is 411 g/mol. The first-order valence-electron chi connectivity index (χ1n) is 10.1. The summed E-state index contributed by atoms with van der Waals surface area (Å²) in [6.45, 7) is 5.17. The Bertz CT molecular complexity index is 694. The molecule has 1 unspecified atom stereocenters. The van der Waals surface area contributed by atoms with E-state index in [2.05, 4.69) is 12.2 Å². The Hall–Kier alpha value is -2.07. The lowest BCUT2D eigenvalue weighted by molar-refractivity contribution is -0.138. The van der Waals surface area contributed by atoms with Crippen molar-refractivity contribution in [2.45, 2.75) is 82.9 Å².